The van der Waals surface area contributed by atoms with Crippen LogP contribution in [0.2, 0.25) is 0 Å². The number of rotatable bonds is 2. The van der Waals surface area contributed by atoms with Gasteiger partial charge < -0.3 is 4.98 Å². The number of H-pyrrole nitrogens is 1. The Bertz CT molecular complexity index is 604. The van der Waals surface area contributed by atoms with E-state index in [4.69, 9.17) is 11.6 Å². The first-order valence-electron chi connectivity index (χ1n) is 5.60. The van der Waals surface area contributed by atoms with Crippen LogP contribution in [0.1, 0.15) is 5.56 Å². The standard InChI is InChI=1S/C15H12ClN/c16-10-11-5-7-12(8-6-11)15-9-13-3-1-2-4-14(13)17-15/h1-9,17H,10H2. The van der Waals surface area contributed by atoms with Gasteiger partial charge in [-0.25, -0.2) is 0 Å². The molecule has 0 bridgehead atoms. The van der Waals surface area contributed by atoms with Gasteiger partial charge >= 0.3 is 0 Å². The summed E-state index contributed by atoms with van der Waals surface area (Å²) in [6, 6.07) is 18.8. The third-order valence-electron chi connectivity index (χ3n) is 2.95. The zero-order chi connectivity index (χ0) is 11.7. The normalized spacial score (nSPS) is 10.9. The molecule has 0 aliphatic rings. The number of fused-ring (bicyclic) bond motifs is 1. The molecule has 0 aliphatic carbocycles. The van der Waals surface area contributed by atoms with E-state index >= 15 is 0 Å². The zero-order valence-electron chi connectivity index (χ0n) is 9.28. The van der Waals surface area contributed by atoms with E-state index < -0.39 is 0 Å². The van der Waals surface area contributed by atoms with E-state index in [-0.39, 0.29) is 0 Å². The van der Waals surface area contributed by atoms with Crippen LogP contribution in [0.5, 0.6) is 0 Å². The predicted molar refractivity (Wildman–Crippen MR) is 73.3 cm³/mol. The molecule has 84 valence electrons. The van der Waals surface area contributed by atoms with Crippen molar-refractivity contribution in [1.29, 1.82) is 0 Å². The van der Waals surface area contributed by atoms with Gasteiger partial charge in [0.1, 0.15) is 0 Å². The summed E-state index contributed by atoms with van der Waals surface area (Å²) in [4.78, 5) is 3.42. The molecule has 0 fully saturated rings. The van der Waals surface area contributed by atoms with E-state index in [1.165, 1.54) is 16.5 Å². The number of hydrogen-bond donors (Lipinski definition) is 1. The first-order valence-corrected chi connectivity index (χ1v) is 6.13. The van der Waals surface area contributed by atoms with Crippen LogP contribution in [-0.2, 0) is 5.88 Å². The number of aromatic amines is 1. The van der Waals surface area contributed by atoms with E-state index in [0.717, 1.165) is 11.3 Å². The Morgan fingerprint density at radius 3 is 2.41 bits per heavy atom. The van der Waals surface area contributed by atoms with Crippen LogP contribution in [0.25, 0.3) is 22.2 Å². The fraction of sp³-hybridized carbons (Fsp3) is 0.0667. The van der Waals surface area contributed by atoms with Gasteiger partial charge in [-0.15, -0.1) is 11.6 Å². The van der Waals surface area contributed by atoms with Crippen molar-refractivity contribution in [1.82, 2.24) is 4.98 Å². The second-order valence-electron chi connectivity index (χ2n) is 4.10. The van der Waals surface area contributed by atoms with Crippen molar-refractivity contribution in [3.63, 3.8) is 0 Å². The molecule has 0 atom stereocenters. The summed E-state index contributed by atoms with van der Waals surface area (Å²) in [5.74, 6) is 0.562. The zero-order valence-corrected chi connectivity index (χ0v) is 10.0. The molecule has 1 N–H and O–H groups in total. The van der Waals surface area contributed by atoms with Crippen molar-refractivity contribution in [3.8, 4) is 11.3 Å². The summed E-state index contributed by atoms with van der Waals surface area (Å²) in [5.41, 5.74) is 4.65. The highest BCUT2D eigenvalue weighted by atomic mass is 35.5. The summed E-state index contributed by atoms with van der Waals surface area (Å²) in [7, 11) is 0. The average molecular weight is 242 g/mol. The molecular formula is C15H12ClN. The summed E-state index contributed by atoms with van der Waals surface area (Å²) in [5, 5.41) is 1.24. The lowest BCUT2D eigenvalue weighted by molar-refractivity contribution is 1.38. The SMILES string of the molecule is ClCc1ccc(-c2cc3ccccc3[nH]2)cc1. The Balaban J connectivity index is 2.07. The van der Waals surface area contributed by atoms with Crippen LogP contribution >= 0.6 is 11.6 Å². The second-order valence-corrected chi connectivity index (χ2v) is 4.37. The molecule has 0 amide bonds. The predicted octanol–water partition coefficient (Wildman–Crippen LogP) is 4.57. The number of para-hydroxylation sites is 1. The third kappa shape index (κ3) is 1.94. The molecule has 0 saturated heterocycles. The number of benzene rings is 2. The molecule has 3 aromatic rings. The van der Waals surface area contributed by atoms with E-state index in [9.17, 15) is 0 Å². The number of halogens is 1. The fourth-order valence-corrected chi connectivity index (χ4v) is 2.18. The van der Waals surface area contributed by atoms with Gasteiger partial charge in [-0.3, -0.25) is 0 Å². The van der Waals surface area contributed by atoms with Gasteiger partial charge in [0.25, 0.3) is 0 Å². The summed E-state index contributed by atoms with van der Waals surface area (Å²) < 4.78 is 0. The maximum atomic E-state index is 5.78. The molecule has 0 radical (unpaired) electrons. The summed E-state index contributed by atoms with van der Waals surface area (Å²) in [6.45, 7) is 0. The minimum Gasteiger partial charge on any atom is -0.355 e. The number of aromatic nitrogens is 1. The van der Waals surface area contributed by atoms with Crippen molar-refractivity contribution in [2.75, 3.05) is 0 Å². The van der Waals surface area contributed by atoms with Crippen LogP contribution in [-0.4, -0.2) is 4.98 Å². The van der Waals surface area contributed by atoms with Gasteiger partial charge in [0.05, 0.1) is 0 Å². The first kappa shape index (κ1) is 10.4. The van der Waals surface area contributed by atoms with E-state index in [1.54, 1.807) is 0 Å². The Morgan fingerprint density at radius 1 is 0.941 bits per heavy atom. The van der Waals surface area contributed by atoms with Crippen molar-refractivity contribution in [2.24, 2.45) is 0 Å². The molecule has 0 aliphatic heterocycles. The lowest BCUT2D eigenvalue weighted by Crippen LogP contribution is -1.79. The minimum atomic E-state index is 0.562. The molecule has 2 heteroatoms. The van der Waals surface area contributed by atoms with Gasteiger partial charge in [-0.2, -0.15) is 0 Å². The lowest BCUT2D eigenvalue weighted by Gasteiger charge is -1.99. The van der Waals surface area contributed by atoms with Crippen LogP contribution in [0.3, 0.4) is 0 Å². The molecule has 1 aromatic heterocycles. The van der Waals surface area contributed by atoms with E-state index in [1.807, 2.05) is 6.07 Å². The van der Waals surface area contributed by atoms with Gasteiger partial charge in [0.15, 0.2) is 0 Å². The lowest BCUT2D eigenvalue weighted by atomic mass is 10.1. The minimum absolute atomic E-state index is 0.562. The quantitative estimate of drug-likeness (QED) is 0.633. The molecule has 1 heterocycles. The number of nitrogens with one attached hydrogen (secondary N) is 1. The van der Waals surface area contributed by atoms with Crippen molar-refractivity contribution >= 4 is 22.5 Å². The van der Waals surface area contributed by atoms with Gasteiger partial charge in [-0.1, -0.05) is 42.5 Å². The summed E-state index contributed by atoms with van der Waals surface area (Å²) >= 11 is 5.78. The Hall–Kier alpha value is -1.73. The topological polar surface area (TPSA) is 15.8 Å². The van der Waals surface area contributed by atoms with Crippen molar-refractivity contribution in [2.45, 2.75) is 5.88 Å². The van der Waals surface area contributed by atoms with Crippen LogP contribution in [0.15, 0.2) is 54.6 Å². The summed E-state index contributed by atoms with van der Waals surface area (Å²) in [6.07, 6.45) is 0. The van der Waals surface area contributed by atoms with Gasteiger partial charge in [0.2, 0.25) is 0 Å². The molecular weight excluding hydrogens is 230 g/mol. The van der Waals surface area contributed by atoms with E-state index in [2.05, 4.69) is 53.5 Å². The highest BCUT2D eigenvalue weighted by Crippen LogP contribution is 2.24. The largest absolute Gasteiger partial charge is 0.355 e. The van der Waals surface area contributed by atoms with Crippen LogP contribution in [0, 0.1) is 0 Å². The maximum Gasteiger partial charge on any atom is 0.0474 e. The fourth-order valence-electron chi connectivity index (χ4n) is 2.00. The van der Waals surface area contributed by atoms with E-state index in [0.29, 0.717) is 5.88 Å². The van der Waals surface area contributed by atoms with Crippen molar-refractivity contribution in [3.05, 3.63) is 60.2 Å². The molecule has 0 unspecified atom stereocenters. The van der Waals surface area contributed by atoms with Gasteiger partial charge in [0, 0.05) is 22.5 Å². The maximum absolute atomic E-state index is 5.78. The first-order chi connectivity index (χ1) is 8.36. The monoisotopic (exact) mass is 241 g/mol. The molecule has 0 spiro atoms. The highest BCUT2D eigenvalue weighted by molar-refractivity contribution is 6.17. The Morgan fingerprint density at radius 2 is 1.71 bits per heavy atom. The smallest absolute Gasteiger partial charge is 0.0474 e. The third-order valence-corrected chi connectivity index (χ3v) is 3.26. The molecule has 17 heavy (non-hydrogen) atoms. The van der Waals surface area contributed by atoms with Crippen LogP contribution in [0.4, 0.5) is 0 Å². The number of hydrogen-bond acceptors (Lipinski definition) is 0. The Labute approximate surface area is 105 Å². The van der Waals surface area contributed by atoms with Crippen molar-refractivity contribution < 1.29 is 0 Å². The second kappa shape index (κ2) is 4.27. The Kier molecular flexibility index (Phi) is 2.62. The molecule has 2 aromatic carbocycles. The highest BCUT2D eigenvalue weighted by Gasteiger charge is 2.02. The van der Waals surface area contributed by atoms with Crippen LogP contribution < -0.4 is 0 Å². The molecule has 0 saturated carbocycles. The molecule has 3 rings (SSSR count). The number of alkyl halides is 1. The van der Waals surface area contributed by atoms with Gasteiger partial charge in [-0.05, 0) is 23.3 Å². The average Bonchev–Trinajstić information content (AvgIpc) is 2.82. The molecule has 1 nitrogen and oxygen atoms in total.